The van der Waals surface area contributed by atoms with Gasteiger partial charge < -0.3 is 19.1 Å². The lowest BCUT2D eigenvalue weighted by molar-refractivity contribution is 0.0983. The van der Waals surface area contributed by atoms with Crippen LogP contribution in [0.25, 0.3) is 10.2 Å². The van der Waals surface area contributed by atoms with Crippen molar-refractivity contribution >= 4 is 32.6 Å². The largest absolute Gasteiger partial charge is 0.496 e. The molecule has 7 nitrogen and oxygen atoms in total. The number of para-hydroxylation sites is 1. The van der Waals surface area contributed by atoms with Gasteiger partial charge in [-0.05, 0) is 39.2 Å². The van der Waals surface area contributed by atoms with Crippen molar-refractivity contribution in [2.24, 2.45) is 0 Å². The minimum atomic E-state index is -0.125. The maximum Gasteiger partial charge on any atom is 0.263 e. The van der Waals surface area contributed by atoms with Crippen LogP contribution in [0.3, 0.4) is 0 Å². The van der Waals surface area contributed by atoms with Gasteiger partial charge in [0.1, 0.15) is 5.75 Å². The normalized spacial score (nSPS) is 12.6. The van der Waals surface area contributed by atoms with Crippen LogP contribution in [0.4, 0.5) is 5.13 Å². The van der Waals surface area contributed by atoms with Crippen molar-refractivity contribution in [3.8, 4) is 17.2 Å². The first-order chi connectivity index (χ1) is 14.1. The molecule has 3 aromatic rings. The quantitative estimate of drug-likeness (QED) is 0.589. The van der Waals surface area contributed by atoms with Gasteiger partial charge in [0.25, 0.3) is 5.91 Å². The lowest BCUT2D eigenvalue weighted by Gasteiger charge is -2.22. The molecule has 2 aromatic carbocycles. The van der Waals surface area contributed by atoms with Crippen molar-refractivity contribution < 1.29 is 19.0 Å². The van der Waals surface area contributed by atoms with E-state index in [0.717, 1.165) is 23.2 Å². The Morgan fingerprint density at radius 3 is 2.69 bits per heavy atom. The number of carbonyl (C=O) groups is 1. The molecule has 1 amide bonds. The van der Waals surface area contributed by atoms with E-state index in [4.69, 9.17) is 19.2 Å². The van der Waals surface area contributed by atoms with Gasteiger partial charge in [0, 0.05) is 18.7 Å². The molecule has 0 saturated heterocycles. The Hall–Kier alpha value is -2.84. The lowest BCUT2D eigenvalue weighted by Crippen LogP contribution is -2.33. The first kappa shape index (κ1) is 19.5. The lowest BCUT2D eigenvalue weighted by atomic mass is 10.1. The molecular formula is C21H23N3O4S. The zero-order chi connectivity index (χ0) is 20.4. The van der Waals surface area contributed by atoms with Crippen LogP contribution in [0.15, 0.2) is 36.4 Å². The Morgan fingerprint density at radius 2 is 1.93 bits per heavy atom. The highest BCUT2D eigenvalue weighted by Crippen LogP contribution is 2.40. The Bertz CT molecular complexity index is 993. The van der Waals surface area contributed by atoms with Crippen LogP contribution in [0.2, 0.25) is 0 Å². The summed E-state index contributed by atoms with van der Waals surface area (Å²) >= 11 is 1.47. The van der Waals surface area contributed by atoms with Crippen LogP contribution in [-0.4, -0.2) is 56.9 Å². The zero-order valence-corrected chi connectivity index (χ0v) is 17.5. The number of aromatic nitrogens is 1. The van der Waals surface area contributed by atoms with Crippen molar-refractivity contribution in [1.29, 1.82) is 0 Å². The van der Waals surface area contributed by atoms with Gasteiger partial charge in [0.05, 0.1) is 22.9 Å². The summed E-state index contributed by atoms with van der Waals surface area (Å²) in [6, 6.07) is 11.1. The number of hydrogen-bond donors (Lipinski definition) is 0. The Labute approximate surface area is 173 Å². The maximum absolute atomic E-state index is 13.4. The van der Waals surface area contributed by atoms with E-state index in [1.54, 1.807) is 24.1 Å². The SMILES string of the molecule is COc1ccccc1C(=O)N(CCCN(C)C)c1nc2cc3c(cc2s1)OCO3. The molecule has 0 fully saturated rings. The number of rotatable bonds is 7. The Kier molecular flexibility index (Phi) is 5.55. The average Bonchev–Trinajstić information content (AvgIpc) is 3.34. The third-order valence-electron chi connectivity index (χ3n) is 4.67. The van der Waals surface area contributed by atoms with Crippen LogP contribution in [0.5, 0.6) is 17.2 Å². The molecule has 0 spiro atoms. The molecule has 0 atom stereocenters. The second-order valence-electron chi connectivity index (χ2n) is 6.98. The molecule has 0 N–H and O–H groups in total. The summed E-state index contributed by atoms with van der Waals surface area (Å²) in [5.74, 6) is 1.82. The van der Waals surface area contributed by atoms with Gasteiger partial charge in [-0.2, -0.15) is 0 Å². The molecule has 152 valence electrons. The molecule has 4 rings (SSSR count). The van der Waals surface area contributed by atoms with E-state index in [-0.39, 0.29) is 12.7 Å². The number of anilines is 1. The second-order valence-corrected chi connectivity index (χ2v) is 7.99. The van der Waals surface area contributed by atoms with Crippen molar-refractivity contribution in [1.82, 2.24) is 9.88 Å². The molecule has 0 aliphatic carbocycles. The van der Waals surface area contributed by atoms with Gasteiger partial charge >= 0.3 is 0 Å². The average molecular weight is 413 g/mol. The first-order valence-corrected chi connectivity index (χ1v) is 10.2. The highest BCUT2D eigenvalue weighted by molar-refractivity contribution is 7.22. The number of thiazole rings is 1. The molecule has 0 radical (unpaired) electrons. The van der Waals surface area contributed by atoms with Gasteiger partial charge in [-0.3, -0.25) is 9.69 Å². The summed E-state index contributed by atoms with van der Waals surface area (Å²) in [6.07, 6.45) is 0.826. The summed E-state index contributed by atoms with van der Waals surface area (Å²) in [5, 5.41) is 0.651. The van der Waals surface area contributed by atoms with Gasteiger partial charge in [0.2, 0.25) is 6.79 Å². The predicted octanol–water partition coefficient (Wildman–Crippen LogP) is 3.63. The van der Waals surface area contributed by atoms with Crippen molar-refractivity contribution in [2.75, 3.05) is 46.0 Å². The summed E-state index contributed by atoms with van der Waals surface area (Å²) in [4.78, 5) is 22.0. The van der Waals surface area contributed by atoms with E-state index >= 15 is 0 Å². The molecule has 0 unspecified atom stereocenters. The molecule has 29 heavy (non-hydrogen) atoms. The third kappa shape index (κ3) is 3.99. The number of hydrogen-bond acceptors (Lipinski definition) is 7. The highest BCUT2D eigenvalue weighted by Gasteiger charge is 2.25. The molecule has 0 bridgehead atoms. The van der Waals surface area contributed by atoms with E-state index in [1.807, 2.05) is 38.4 Å². The Morgan fingerprint density at radius 1 is 1.17 bits per heavy atom. The van der Waals surface area contributed by atoms with Crippen molar-refractivity contribution in [3.63, 3.8) is 0 Å². The number of nitrogens with zero attached hydrogens (tertiary/aromatic N) is 3. The minimum Gasteiger partial charge on any atom is -0.496 e. The van der Waals surface area contributed by atoms with Crippen LogP contribution in [-0.2, 0) is 0 Å². The van der Waals surface area contributed by atoms with Crippen molar-refractivity contribution in [3.05, 3.63) is 42.0 Å². The fraction of sp³-hybridized carbons (Fsp3) is 0.333. The van der Waals surface area contributed by atoms with Crippen molar-refractivity contribution in [2.45, 2.75) is 6.42 Å². The van der Waals surface area contributed by atoms with Gasteiger partial charge in [0.15, 0.2) is 16.6 Å². The van der Waals surface area contributed by atoms with Crippen LogP contribution >= 0.6 is 11.3 Å². The van der Waals surface area contributed by atoms with Gasteiger partial charge in [-0.25, -0.2) is 4.98 Å². The zero-order valence-electron chi connectivity index (χ0n) is 16.7. The number of amides is 1. The number of carbonyl (C=O) groups excluding carboxylic acids is 1. The Balaban J connectivity index is 1.70. The second kappa shape index (κ2) is 8.26. The number of benzene rings is 2. The highest BCUT2D eigenvalue weighted by atomic mass is 32.1. The monoisotopic (exact) mass is 413 g/mol. The standard InChI is InChI=1S/C21H23N3O4S/c1-23(2)9-6-10-24(20(25)14-7-4-5-8-16(14)26-3)21-22-15-11-17-18(28-13-27-17)12-19(15)29-21/h4-5,7-8,11-12H,6,9-10,13H2,1-3H3. The summed E-state index contributed by atoms with van der Waals surface area (Å²) in [6.45, 7) is 1.65. The molecule has 2 heterocycles. The van der Waals surface area contributed by atoms with Crippen LogP contribution < -0.4 is 19.1 Å². The number of methoxy groups -OCH3 is 1. The van der Waals surface area contributed by atoms with E-state index in [1.165, 1.54) is 11.3 Å². The molecule has 0 saturated carbocycles. The summed E-state index contributed by atoms with van der Waals surface area (Å²) < 4.78 is 17.3. The summed E-state index contributed by atoms with van der Waals surface area (Å²) in [7, 11) is 5.61. The van der Waals surface area contributed by atoms with E-state index < -0.39 is 0 Å². The topological polar surface area (TPSA) is 64.1 Å². The fourth-order valence-corrected chi connectivity index (χ4v) is 4.22. The molecule has 1 aliphatic heterocycles. The fourth-order valence-electron chi connectivity index (χ4n) is 3.22. The van der Waals surface area contributed by atoms with E-state index in [9.17, 15) is 4.79 Å². The van der Waals surface area contributed by atoms with Crippen LogP contribution in [0, 0.1) is 0 Å². The van der Waals surface area contributed by atoms with Crippen LogP contribution in [0.1, 0.15) is 16.8 Å². The van der Waals surface area contributed by atoms with E-state index in [0.29, 0.717) is 34.5 Å². The molecule has 1 aliphatic rings. The smallest absolute Gasteiger partial charge is 0.263 e. The minimum absolute atomic E-state index is 0.125. The predicted molar refractivity (Wildman–Crippen MR) is 114 cm³/mol. The molecular weight excluding hydrogens is 390 g/mol. The first-order valence-electron chi connectivity index (χ1n) is 9.36. The molecule has 8 heteroatoms. The number of ether oxygens (including phenoxy) is 3. The van der Waals surface area contributed by atoms with Gasteiger partial charge in [-0.1, -0.05) is 23.5 Å². The third-order valence-corrected chi connectivity index (χ3v) is 5.71. The maximum atomic E-state index is 13.4. The number of fused-ring (bicyclic) bond motifs is 2. The van der Waals surface area contributed by atoms with Gasteiger partial charge in [-0.15, -0.1) is 0 Å². The summed E-state index contributed by atoms with van der Waals surface area (Å²) in [5.41, 5.74) is 1.31. The molecule has 1 aromatic heterocycles. The van der Waals surface area contributed by atoms with E-state index in [2.05, 4.69) is 4.90 Å².